The third-order valence-electron chi connectivity index (χ3n) is 5.17. The summed E-state index contributed by atoms with van der Waals surface area (Å²) in [5, 5.41) is 14.2. The van der Waals surface area contributed by atoms with Crippen molar-refractivity contribution in [2.45, 2.75) is 97.1 Å². The highest BCUT2D eigenvalue weighted by molar-refractivity contribution is 4.94. The zero-order valence-electron chi connectivity index (χ0n) is 14.3. The largest absolute Gasteiger partial charge is 0.389 e. The lowest BCUT2D eigenvalue weighted by atomic mass is 9.72. The third-order valence-corrected chi connectivity index (χ3v) is 5.17. The van der Waals surface area contributed by atoms with E-state index in [1.807, 2.05) is 6.92 Å². The molecule has 1 aliphatic carbocycles. The molecule has 0 aromatic rings. The van der Waals surface area contributed by atoms with Crippen molar-refractivity contribution < 1.29 is 5.11 Å². The van der Waals surface area contributed by atoms with Crippen LogP contribution in [0.5, 0.6) is 0 Å². The third kappa shape index (κ3) is 6.13. The smallest absolute Gasteiger partial charge is 0.0772 e. The van der Waals surface area contributed by atoms with Gasteiger partial charge in [0.05, 0.1) is 5.60 Å². The van der Waals surface area contributed by atoms with E-state index in [9.17, 15) is 5.11 Å². The molecule has 3 unspecified atom stereocenters. The maximum absolute atomic E-state index is 10.5. The quantitative estimate of drug-likeness (QED) is 0.610. The minimum absolute atomic E-state index is 0.291. The van der Waals surface area contributed by atoms with Gasteiger partial charge in [0, 0.05) is 6.04 Å². The van der Waals surface area contributed by atoms with E-state index in [4.69, 9.17) is 0 Å². The maximum atomic E-state index is 10.5. The molecule has 0 saturated heterocycles. The van der Waals surface area contributed by atoms with Gasteiger partial charge in [-0.3, -0.25) is 0 Å². The standard InChI is InChI=1S/C18H37NO/c1-5-6-7-8-9-10-13-19-17-14-16(15(2)3)11-12-18(17,4)20/h15-17,19-20H,5-14H2,1-4H3. The molecule has 1 fully saturated rings. The Bertz CT molecular complexity index is 250. The number of unbranched alkanes of at least 4 members (excludes halogenated alkanes) is 5. The molecule has 0 aliphatic heterocycles. The van der Waals surface area contributed by atoms with Crippen molar-refractivity contribution in [2.24, 2.45) is 11.8 Å². The van der Waals surface area contributed by atoms with E-state index in [1.54, 1.807) is 0 Å². The van der Waals surface area contributed by atoms with Crippen LogP contribution in [0.15, 0.2) is 0 Å². The second-order valence-corrected chi connectivity index (χ2v) is 7.41. The summed E-state index contributed by atoms with van der Waals surface area (Å²) in [6.45, 7) is 9.98. The lowest BCUT2D eigenvalue weighted by Gasteiger charge is -2.42. The summed E-state index contributed by atoms with van der Waals surface area (Å²) < 4.78 is 0. The Morgan fingerprint density at radius 2 is 1.80 bits per heavy atom. The minimum Gasteiger partial charge on any atom is -0.389 e. The molecular weight excluding hydrogens is 246 g/mol. The van der Waals surface area contributed by atoms with Gasteiger partial charge < -0.3 is 10.4 Å². The monoisotopic (exact) mass is 283 g/mol. The van der Waals surface area contributed by atoms with Gasteiger partial charge in [-0.1, -0.05) is 52.9 Å². The number of nitrogens with one attached hydrogen (secondary N) is 1. The average molecular weight is 284 g/mol. The van der Waals surface area contributed by atoms with Crippen LogP contribution < -0.4 is 5.32 Å². The summed E-state index contributed by atoms with van der Waals surface area (Å²) in [5.74, 6) is 1.52. The molecule has 1 rings (SSSR count). The van der Waals surface area contributed by atoms with Gasteiger partial charge in [-0.05, 0) is 51.0 Å². The second kappa shape index (κ2) is 9.04. The van der Waals surface area contributed by atoms with E-state index in [0.717, 1.165) is 31.2 Å². The van der Waals surface area contributed by atoms with E-state index in [2.05, 4.69) is 26.1 Å². The van der Waals surface area contributed by atoms with Crippen molar-refractivity contribution >= 4 is 0 Å². The van der Waals surface area contributed by atoms with Crippen LogP contribution in [0.1, 0.15) is 85.5 Å². The van der Waals surface area contributed by atoms with Crippen LogP contribution in [-0.2, 0) is 0 Å². The SMILES string of the molecule is CCCCCCCCNC1CC(C(C)C)CCC1(C)O. The van der Waals surface area contributed by atoms with Crippen molar-refractivity contribution in [3.05, 3.63) is 0 Å². The van der Waals surface area contributed by atoms with Crippen LogP contribution in [0.4, 0.5) is 0 Å². The molecule has 3 atom stereocenters. The fourth-order valence-electron chi connectivity index (χ4n) is 3.42. The van der Waals surface area contributed by atoms with Crippen LogP contribution in [0.25, 0.3) is 0 Å². The van der Waals surface area contributed by atoms with Gasteiger partial charge in [-0.15, -0.1) is 0 Å². The molecule has 0 amide bonds. The first-order chi connectivity index (χ1) is 9.47. The fraction of sp³-hybridized carbons (Fsp3) is 1.00. The van der Waals surface area contributed by atoms with Gasteiger partial charge >= 0.3 is 0 Å². The Balaban J connectivity index is 2.22. The zero-order chi connectivity index (χ0) is 15.0. The van der Waals surface area contributed by atoms with Crippen LogP contribution in [0.3, 0.4) is 0 Å². The predicted octanol–water partition coefficient (Wildman–Crippen LogP) is 4.51. The number of aliphatic hydroxyl groups is 1. The van der Waals surface area contributed by atoms with Crippen molar-refractivity contribution in [1.29, 1.82) is 0 Å². The lowest BCUT2D eigenvalue weighted by molar-refractivity contribution is -0.0302. The van der Waals surface area contributed by atoms with Crippen molar-refractivity contribution in [2.75, 3.05) is 6.54 Å². The summed E-state index contributed by atoms with van der Waals surface area (Å²) >= 11 is 0. The summed E-state index contributed by atoms with van der Waals surface area (Å²) in [6.07, 6.45) is 11.3. The highest BCUT2D eigenvalue weighted by Gasteiger charge is 2.38. The van der Waals surface area contributed by atoms with Gasteiger partial charge in [-0.25, -0.2) is 0 Å². The van der Waals surface area contributed by atoms with Crippen LogP contribution in [0, 0.1) is 11.8 Å². The molecule has 1 saturated carbocycles. The highest BCUT2D eigenvalue weighted by Crippen LogP contribution is 2.35. The Kier molecular flexibility index (Phi) is 8.13. The molecule has 2 nitrogen and oxygen atoms in total. The van der Waals surface area contributed by atoms with Crippen LogP contribution in [0.2, 0.25) is 0 Å². The molecule has 0 heterocycles. The van der Waals surface area contributed by atoms with Crippen LogP contribution >= 0.6 is 0 Å². The van der Waals surface area contributed by atoms with Gasteiger partial charge in [0.25, 0.3) is 0 Å². The van der Waals surface area contributed by atoms with Crippen LogP contribution in [-0.4, -0.2) is 23.3 Å². The number of hydrogen-bond acceptors (Lipinski definition) is 2. The van der Waals surface area contributed by atoms with Gasteiger partial charge in [0.2, 0.25) is 0 Å². The Morgan fingerprint density at radius 3 is 2.45 bits per heavy atom. The van der Waals surface area contributed by atoms with E-state index in [-0.39, 0.29) is 0 Å². The molecule has 0 bridgehead atoms. The normalized spacial score (nSPS) is 30.9. The number of rotatable bonds is 9. The Labute approximate surface area is 126 Å². The lowest BCUT2D eigenvalue weighted by Crippen LogP contribution is -2.53. The number of hydrogen-bond donors (Lipinski definition) is 2. The van der Waals surface area contributed by atoms with E-state index < -0.39 is 5.60 Å². The van der Waals surface area contributed by atoms with Gasteiger partial charge in [0.1, 0.15) is 0 Å². The molecule has 20 heavy (non-hydrogen) atoms. The van der Waals surface area contributed by atoms with Crippen molar-refractivity contribution in [3.8, 4) is 0 Å². The summed E-state index contributed by atoms with van der Waals surface area (Å²) in [7, 11) is 0. The summed E-state index contributed by atoms with van der Waals surface area (Å²) in [4.78, 5) is 0. The molecule has 1 aliphatic rings. The topological polar surface area (TPSA) is 32.3 Å². The first-order valence-corrected chi connectivity index (χ1v) is 8.93. The molecule has 0 aromatic carbocycles. The van der Waals surface area contributed by atoms with E-state index in [1.165, 1.54) is 44.9 Å². The average Bonchev–Trinajstić information content (AvgIpc) is 2.38. The zero-order valence-corrected chi connectivity index (χ0v) is 14.3. The van der Waals surface area contributed by atoms with Crippen molar-refractivity contribution in [1.82, 2.24) is 5.32 Å². The molecule has 120 valence electrons. The Morgan fingerprint density at radius 1 is 1.15 bits per heavy atom. The first kappa shape index (κ1) is 18.0. The minimum atomic E-state index is -0.506. The van der Waals surface area contributed by atoms with Gasteiger partial charge in [0.15, 0.2) is 0 Å². The molecule has 0 spiro atoms. The second-order valence-electron chi connectivity index (χ2n) is 7.41. The fourth-order valence-corrected chi connectivity index (χ4v) is 3.42. The predicted molar refractivity (Wildman–Crippen MR) is 88.0 cm³/mol. The first-order valence-electron chi connectivity index (χ1n) is 8.93. The molecule has 2 heteroatoms. The highest BCUT2D eigenvalue weighted by atomic mass is 16.3. The summed E-state index contributed by atoms with van der Waals surface area (Å²) in [5.41, 5.74) is -0.506. The maximum Gasteiger partial charge on any atom is 0.0772 e. The van der Waals surface area contributed by atoms with Gasteiger partial charge in [-0.2, -0.15) is 0 Å². The molecule has 0 radical (unpaired) electrons. The van der Waals surface area contributed by atoms with E-state index in [0.29, 0.717) is 6.04 Å². The Hall–Kier alpha value is -0.0800. The molecule has 2 N–H and O–H groups in total. The molecule has 0 aromatic heterocycles. The summed E-state index contributed by atoms with van der Waals surface area (Å²) in [6, 6.07) is 0.291. The van der Waals surface area contributed by atoms with Crippen molar-refractivity contribution in [3.63, 3.8) is 0 Å². The molecular formula is C18H37NO. The van der Waals surface area contributed by atoms with E-state index >= 15 is 0 Å².